The Bertz CT molecular complexity index is 99.4. The highest BCUT2D eigenvalue weighted by molar-refractivity contribution is 9.09. The number of halogens is 1. The molecule has 0 aliphatic rings. The standard InChI is InChI=1S/C8H16BrN/c1-4-5-6-10(3)7-8(2)9/h4-5,8H,6-7H2,1-3H3/b5-4+. The van der Waals surface area contributed by atoms with Crippen molar-refractivity contribution in [3.05, 3.63) is 12.2 Å². The van der Waals surface area contributed by atoms with Crippen LogP contribution in [0.15, 0.2) is 12.2 Å². The van der Waals surface area contributed by atoms with E-state index < -0.39 is 0 Å². The normalized spacial score (nSPS) is 14.9. The van der Waals surface area contributed by atoms with Gasteiger partial charge in [0, 0.05) is 17.9 Å². The molecule has 0 saturated heterocycles. The number of rotatable bonds is 4. The van der Waals surface area contributed by atoms with E-state index in [1.165, 1.54) is 0 Å². The first kappa shape index (κ1) is 10.2. The van der Waals surface area contributed by atoms with Crippen LogP contribution in [0.1, 0.15) is 13.8 Å². The fraction of sp³-hybridized carbons (Fsp3) is 0.750. The smallest absolute Gasteiger partial charge is 0.0244 e. The summed E-state index contributed by atoms with van der Waals surface area (Å²) in [7, 11) is 2.12. The minimum absolute atomic E-state index is 0.586. The van der Waals surface area contributed by atoms with Gasteiger partial charge in [-0.05, 0) is 14.0 Å². The van der Waals surface area contributed by atoms with Crippen LogP contribution in [0.25, 0.3) is 0 Å². The summed E-state index contributed by atoms with van der Waals surface area (Å²) in [5.74, 6) is 0. The molecule has 1 unspecified atom stereocenters. The third-order valence-electron chi connectivity index (χ3n) is 1.22. The Morgan fingerprint density at radius 3 is 2.60 bits per heavy atom. The average Bonchev–Trinajstić information content (AvgIpc) is 1.82. The molecule has 2 heteroatoms. The molecule has 0 bridgehead atoms. The average molecular weight is 206 g/mol. The van der Waals surface area contributed by atoms with Gasteiger partial charge in [-0.15, -0.1) is 0 Å². The molecule has 0 heterocycles. The van der Waals surface area contributed by atoms with Gasteiger partial charge in [0.05, 0.1) is 0 Å². The van der Waals surface area contributed by atoms with Crippen molar-refractivity contribution in [2.24, 2.45) is 0 Å². The number of hydrogen-bond donors (Lipinski definition) is 0. The lowest BCUT2D eigenvalue weighted by Crippen LogP contribution is -2.24. The second-order valence-corrected chi connectivity index (χ2v) is 4.13. The fourth-order valence-electron chi connectivity index (χ4n) is 0.789. The highest BCUT2D eigenvalue weighted by atomic mass is 79.9. The van der Waals surface area contributed by atoms with Crippen molar-refractivity contribution in [3.8, 4) is 0 Å². The van der Waals surface area contributed by atoms with Gasteiger partial charge >= 0.3 is 0 Å². The highest BCUT2D eigenvalue weighted by Gasteiger charge is 1.98. The lowest BCUT2D eigenvalue weighted by Gasteiger charge is -2.15. The number of hydrogen-bond acceptors (Lipinski definition) is 1. The predicted octanol–water partition coefficient (Wildman–Crippen LogP) is 2.28. The first-order valence-electron chi connectivity index (χ1n) is 3.60. The van der Waals surface area contributed by atoms with E-state index >= 15 is 0 Å². The zero-order valence-electron chi connectivity index (χ0n) is 6.97. The second-order valence-electron chi connectivity index (χ2n) is 2.57. The molecule has 0 spiro atoms. The van der Waals surface area contributed by atoms with Crippen molar-refractivity contribution in [3.63, 3.8) is 0 Å². The van der Waals surface area contributed by atoms with Crippen LogP contribution in [0, 0.1) is 0 Å². The van der Waals surface area contributed by atoms with Gasteiger partial charge in [-0.3, -0.25) is 0 Å². The highest BCUT2D eigenvalue weighted by Crippen LogP contribution is 1.98. The van der Waals surface area contributed by atoms with Crippen molar-refractivity contribution < 1.29 is 0 Å². The molecule has 60 valence electrons. The van der Waals surface area contributed by atoms with Crippen molar-refractivity contribution in [2.45, 2.75) is 18.7 Å². The van der Waals surface area contributed by atoms with E-state index in [1.807, 2.05) is 6.92 Å². The molecule has 0 aromatic heterocycles. The van der Waals surface area contributed by atoms with Gasteiger partial charge < -0.3 is 4.90 Å². The summed E-state index contributed by atoms with van der Waals surface area (Å²) < 4.78 is 0. The number of nitrogens with zero attached hydrogens (tertiary/aromatic N) is 1. The van der Waals surface area contributed by atoms with Crippen molar-refractivity contribution in [1.82, 2.24) is 4.90 Å². The Hall–Kier alpha value is 0.180. The van der Waals surface area contributed by atoms with Gasteiger partial charge in [-0.1, -0.05) is 35.0 Å². The van der Waals surface area contributed by atoms with Crippen LogP contribution >= 0.6 is 15.9 Å². The molecule has 1 atom stereocenters. The summed E-state index contributed by atoms with van der Waals surface area (Å²) in [5, 5.41) is 0. The fourth-order valence-corrected chi connectivity index (χ4v) is 1.28. The third kappa shape index (κ3) is 6.30. The summed E-state index contributed by atoms with van der Waals surface area (Å²) in [6, 6.07) is 0. The Kier molecular flexibility index (Phi) is 6.03. The van der Waals surface area contributed by atoms with Gasteiger partial charge in [-0.2, -0.15) is 0 Å². The van der Waals surface area contributed by atoms with Gasteiger partial charge in [0.25, 0.3) is 0 Å². The maximum Gasteiger partial charge on any atom is 0.0244 e. The lowest BCUT2D eigenvalue weighted by atomic mass is 10.4. The van der Waals surface area contributed by atoms with Crippen molar-refractivity contribution in [2.75, 3.05) is 20.1 Å². The molecule has 0 saturated carbocycles. The van der Waals surface area contributed by atoms with Crippen LogP contribution in [-0.2, 0) is 0 Å². The number of likely N-dealkylation sites (N-methyl/N-ethyl adjacent to an activating group) is 1. The number of allylic oxidation sites excluding steroid dienone is 1. The Morgan fingerprint density at radius 1 is 1.60 bits per heavy atom. The quantitative estimate of drug-likeness (QED) is 0.503. The first-order valence-corrected chi connectivity index (χ1v) is 4.52. The minimum atomic E-state index is 0.586. The van der Waals surface area contributed by atoms with E-state index in [-0.39, 0.29) is 0 Å². The molecular weight excluding hydrogens is 190 g/mol. The molecule has 0 fully saturated rings. The molecule has 0 aromatic carbocycles. The first-order chi connectivity index (χ1) is 4.66. The van der Waals surface area contributed by atoms with Crippen LogP contribution in [0.2, 0.25) is 0 Å². The molecule has 1 nitrogen and oxygen atoms in total. The zero-order valence-corrected chi connectivity index (χ0v) is 8.56. The maximum absolute atomic E-state index is 3.50. The summed E-state index contributed by atoms with van der Waals surface area (Å²) in [5.41, 5.74) is 0. The molecule has 0 amide bonds. The second kappa shape index (κ2) is 5.93. The topological polar surface area (TPSA) is 3.24 Å². The molecule has 0 aliphatic carbocycles. The summed E-state index contributed by atoms with van der Waals surface area (Å²) >= 11 is 3.50. The summed E-state index contributed by atoms with van der Waals surface area (Å²) in [6.45, 7) is 6.36. The Labute approximate surface area is 72.2 Å². The van der Waals surface area contributed by atoms with Crippen LogP contribution in [0.3, 0.4) is 0 Å². The van der Waals surface area contributed by atoms with Gasteiger partial charge in [-0.25, -0.2) is 0 Å². The third-order valence-corrected chi connectivity index (χ3v) is 1.51. The summed E-state index contributed by atoms with van der Waals surface area (Å²) in [4.78, 5) is 2.86. The molecule has 0 N–H and O–H groups in total. The largest absolute Gasteiger partial charge is 0.302 e. The van der Waals surface area contributed by atoms with Crippen LogP contribution in [-0.4, -0.2) is 29.9 Å². The summed E-state index contributed by atoms with van der Waals surface area (Å²) in [6.07, 6.45) is 4.24. The molecule has 0 aliphatic heterocycles. The van der Waals surface area contributed by atoms with Gasteiger partial charge in [0.1, 0.15) is 0 Å². The Balaban J connectivity index is 3.33. The monoisotopic (exact) mass is 205 g/mol. The predicted molar refractivity (Wildman–Crippen MR) is 50.7 cm³/mol. The van der Waals surface area contributed by atoms with Crippen molar-refractivity contribution >= 4 is 15.9 Å². The van der Waals surface area contributed by atoms with Crippen LogP contribution in [0.5, 0.6) is 0 Å². The van der Waals surface area contributed by atoms with Gasteiger partial charge in [0.15, 0.2) is 0 Å². The van der Waals surface area contributed by atoms with Gasteiger partial charge in [0.2, 0.25) is 0 Å². The van der Waals surface area contributed by atoms with E-state index in [0.717, 1.165) is 13.1 Å². The SMILES string of the molecule is C/C=C/CN(C)CC(C)Br. The van der Waals surface area contributed by atoms with E-state index in [0.29, 0.717) is 4.83 Å². The van der Waals surface area contributed by atoms with E-state index in [4.69, 9.17) is 0 Å². The van der Waals surface area contributed by atoms with E-state index in [1.54, 1.807) is 0 Å². The molecule has 0 rings (SSSR count). The van der Waals surface area contributed by atoms with Crippen molar-refractivity contribution in [1.29, 1.82) is 0 Å². The minimum Gasteiger partial charge on any atom is -0.302 e. The zero-order chi connectivity index (χ0) is 7.98. The maximum atomic E-state index is 3.50. The van der Waals surface area contributed by atoms with E-state index in [9.17, 15) is 0 Å². The van der Waals surface area contributed by atoms with Crippen LogP contribution in [0.4, 0.5) is 0 Å². The molecule has 0 radical (unpaired) electrons. The van der Waals surface area contributed by atoms with Crippen LogP contribution < -0.4 is 0 Å². The molecular formula is C8H16BrN. The van der Waals surface area contributed by atoms with E-state index in [2.05, 4.69) is 47.0 Å². The lowest BCUT2D eigenvalue weighted by molar-refractivity contribution is 0.377. The number of alkyl halides is 1. The molecule has 0 aromatic rings. The Morgan fingerprint density at radius 2 is 2.20 bits per heavy atom. The molecule has 10 heavy (non-hydrogen) atoms.